The van der Waals surface area contributed by atoms with E-state index in [2.05, 4.69) is 10.3 Å². The molecule has 110 valence electrons. The summed E-state index contributed by atoms with van der Waals surface area (Å²) >= 11 is 0. The van der Waals surface area contributed by atoms with E-state index in [0.29, 0.717) is 31.6 Å². The quantitative estimate of drug-likeness (QED) is 0.897. The van der Waals surface area contributed by atoms with Gasteiger partial charge in [-0.2, -0.15) is 0 Å². The molecule has 0 bridgehead atoms. The van der Waals surface area contributed by atoms with Crippen LogP contribution in [-0.2, 0) is 4.74 Å². The maximum absolute atomic E-state index is 12.2. The number of carbonyl (C=O) groups excluding carboxylic acids is 1. The van der Waals surface area contributed by atoms with Crippen molar-refractivity contribution in [2.24, 2.45) is 0 Å². The number of nitrogens with zero attached hydrogens (tertiary/aromatic N) is 1. The summed E-state index contributed by atoms with van der Waals surface area (Å²) in [6.07, 6.45) is 2.83. The van der Waals surface area contributed by atoms with Crippen molar-refractivity contribution in [1.82, 2.24) is 10.3 Å². The Morgan fingerprint density at radius 2 is 2.14 bits per heavy atom. The molecule has 1 saturated heterocycles. The Hall–Kier alpha value is -1.98. The van der Waals surface area contributed by atoms with Gasteiger partial charge in [0.15, 0.2) is 0 Å². The van der Waals surface area contributed by atoms with Gasteiger partial charge in [0.05, 0.1) is 11.1 Å². The number of benzene rings is 1. The summed E-state index contributed by atoms with van der Waals surface area (Å²) in [7, 11) is 0. The number of pyridine rings is 1. The third kappa shape index (κ3) is 3.20. The first-order valence-electron chi connectivity index (χ1n) is 7.09. The number of fused-ring (bicyclic) bond motifs is 1. The van der Waals surface area contributed by atoms with Crippen molar-refractivity contribution in [3.05, 3.63) is 42.1 Å². The first kappa shape index (κ1) is 14.0. The maximum Gasteiger partial charge on any atom is 0.251 e. The lowest BCUT2D eigenvalue weighted by Crippen LogP contribution is -2.46. The van der Waals surface area contributed by atoms with Crippen LogP contribution >= 0.6 is 0 Å². The van der Waals surface area contributed by atoms with E-state index in [0.717, 1.165) is 10.9 Å². The minimum absolute atomic E-state index is 0.180. The van der Waals surface area contributed by atoms with E-state index >= 15 is 0 Å². The van der Waals surface area contributed by atoms with Gasteiger partial charge in [-0.15, -0.1) is 0 Å². The highest BCUT2D eigenvalue weighted by atomic mass is 16.5. The van der Waals surface area contributed by atoms with Crippen LogP contribution in [0.15, 0.2) is 36.5 Å². The second kappa shape index (κ2) is 5.79. The minimum Gasteiger partial charge on any atom is -0.388 e. The van der Waals surface area contributed by atoms with E-state index in [1.807, 2.05) is 24.3 Å². The van der Waals surface area contributed by atoms with Crippen LogP contribution in [-0.4, -0.2) is 41.4 Å². The van der Waals surface area contributed by atoms with Gasteiger partial charge >= 0.3 is 0 Å². The van der Waals surface area contributed by atoms with Crippen molar-refractivity contribution >= 4 is 16.8 Å². The third-order valence-corrected chi connectivity index (χ3v) is 3.87. The zero-order valence-electron chi connectivity index (χ0n) is 11.7. The molecule has 5 nitrogen and oxygen atoms in total. The number of amides is 1. The lowest BCUT2D eigenvalue weighted by atomic mass is 9.94. The molecule has 1 aliphatic heterocycles. The van der Waals surface area contributed by atoms with Gasteiger partial charge in [0.2, 0.25) is 0 Å². The number of rotatable bonds is 3. The molecule has 1 aromatic heterocycles. The lowest BCUT2D eigenvalue weighted by molar-refractivity contribution is -0.0605. The summed E-state index contributed by atoms with van der Waals surface area (Å²) in [4.78, 5) is 16.4. The van der Waals surface area contributed by atoms with Crippen LogP contribution in [0.1, 0.15) is 23.2 Å². The number of hydrogen-bond acceptors (Lipinski definition) is 4. The Balaban J connectivity index is 1.69. The molecule has 3 rings (SSSR count). The molecule has 0 unspecified atom stereocenters. The molecule has 0 saturated carbocycles. The minimum atomic E-state index is -0.855. The fourth-order valence-electron chi connectivity index (χ4n) is 2.49. The monoisotopic (exact) mass is 286 g/mol. The molecule has 0 atom stereocenters. The van der Waals surface area contributed by atoms with Gasteiger partial charge in [-0.05, 0) is 24.3 Å². The molecule has 0 radical (unpaired) electrons. The summed E-state index contributed by atoms with van der Waals surface area (Å²) < 4.78 is 5.22. The van der Waals surface area contributed by atoms with E-state index in [9.17, 15) is 9.90 Å². The molecule has 2 aromatic rings. The Labute approximate surface area is 123 Å². The van der Waals surface area contributed by atoms with Crippen LogP contribution in [0.4, 0.5) is 0 Å². The maximum atomic E-state index is 12.2. The fraction of sp³-hybridized carbons (Fsp3) is 0.375. The standard InChI is InChI=1S/C16H18N2O3/c19-15(18-11-16(20)5-8-21-9-6-16)13-3-4-14-12(10-13)2-1-7-17-14/h1-4,7,10,20H,5-6,8-9,11H2,(H,18,19). The number of hydrogen-bond donors (Lipinski definition) is 2. The number of ether oxygens (including phenoxy) is 1. The Kier molecular flexibility index (Phi) is 3.86. The highest BCUT2D eigenvalue weighted by Gasteiger charge is 2.30. The molecule has 5 heteroatoms. The van der Waals surface area contributed by atoms with Crippen molar-refractivity contribution in [2.45, 2.75) is 18.4 Å². The Bertz CT molecular complexity index is 651. The zero-order valence-corrected chi connectivity index (χ0v) is 11.7. The predicted octanol–water partition coefficient (Wildman–Crippen LogP) is 1.51. The second-order valence-corrected chi connectivity index (χ2v) is 5.43. The van der Waals surface area contributed by atoms with E-state index in [1.165, 1.54) is 0 Å². The van der Waals surface area contributed by atoms with Gasteiger partial charge in [0.1, 0.15) is 0 Å². The van der Waals surface area contributed by atoms with Crippen molar-refractivity contribution in [1.29, 1.82) is 0 Å². The summed E-state index contributed by atoms with van der Waals surface area (Å²) in [5, 5.41) is 14.1. The first-order valence-corrected chi connectivity index (χ1v) is 7.09. The van der Waals surface area contributed by atoms with Crippen LogP contribution in [0, 0.1) is 0 Å². The molecule has 1 fully saturated rings. The summed E-state index contributed by atoms with van der Waals surface area (Å²) in [5.41, 5.74) is 0.579. The lowest BCUT2D eigenvalue weighted by Gasteiger charge is -2.32. The smallest absolute Gasteiger partial charge is 0.251 e. The predicted molar refractivity (Wildman–Crippen MR) is 79.1 cm³/mol. The molecule has 0 aliphatic carbocycles. The van der Waals surface area contributed by atoms with E-state index in [-0.39, 0.29) is 12.5 Å². The molecule has 0 spiro atoms. The van der Waals surface area contributed by atoms with Gasteiger partial charge in [-0.1, -0.05) is 6.07 Å². The highest BCUT2D eigenvalue weighted by Crippen LogP contribution is 2.19. The largest absolute Gasteiger partial charge is 0.388 e. The average Bonchev–Trinajstić information content (AvgIpc) is 2.53. The van der Waals surface area contributed by atoms with Crippen LogP contribution < -0.4 is 5.32 Å². The molecule has 1 amide bonds. The van der Waals surface area contributed by atoms with Crippen LogP contribution in [0.5, 0.6) is 0 Å². The molecule has 1 aliphatic rings. The fourth-order valence-corrected chi connectivity index (χ4v) is 2.49. The normalized spacial score (nSPS) is 17.6. The molecular weight excluding hydrogens is 268 g/mol. The molecule has 2 heterocycles. The van der Waals surface area contributed by atoms with E-state index < -0.39 is 5.60 Å². The topological polar surface area (TPSA) is 71.5 Å². The number of carbonyl (C=O) groups is 1. The van der Waals surface area contributed by atoms with Crippen LogP contribution in [0.3, 0.4) is 0 Å². The van der Waals surface area contributed by atoms with Gasteiger partial charge < -0.3 is 15.2 Å². The van der Waals surface area contributed by atoms with Gasteiger partial charge in [0.25, 0.3) is 5.91 Å². The van der Waals surface area contributed by atoms with Crippen molar-refractivity contribution < 1.29 is 14.6 Å². The highest BCUT2D eigenvalue weighted by molar-refractivity contribution is 5.97. The van der Waals surface area contributed by atoms with Crippen LogP contribution in [0.2, 0.25) is 0 Å². The Morgan fingerprint density at radius 3 is 2.95 bits per heavy atom. The van der Waals surface area contributed by atoms with Gasteiger partial charge in [-0.25, -0.2) is 0 Å². The third-order valence-electron chi connectivity index (χ3n) is 3.87. The van der Waals surface area contributed by atoms with Crippen LogP contribution in [0.25, 0.3) is 10.9 Å². The van der Waals surface area contributed by atoms with Gasteiger partial charge in [0, 0.05) is 49.7 Å². The first-order chi connectivity index (χ1) is 10.2. The number of nitrogens with one attached hydrogen (secondary N) is 1. The molecule has 21 heavy (non-hydrogen) atoms. The van der Waals surface area contributed by atoms with Crippen molar-refractivity contribution in [2.75, 3.05) is 19.8 Å². The SMILES string of the molecule is O=C(NCC1(O)CCOCC1)c1ccc2ncccc2c1. The second-order valence-electron chi connectivity index (χ2n) is 5.43. The van der Waals surface area contributed by atoms with E-state index in [1.54, 1.807) is 12.3 Å². The van der Waals surface area contributed by atoms with Crippen molar-refractivity contribution in [3.63, 3.8) is 0 Å². The van der Waals surface area contributed by atoms with E-state index in [4.69, 9.17) is 4.74 Å². The Morgan fingerprint density at radius 1 is 1.33 bits per heavy atom. The molecular formula is C16H18N2O3. The zero-order chi connectivity index (χ0) is 14.7. The summed E-state index contributed by atoms with van der Waals surface area (Å²) in [5.74, 6) is -0.180. The molecule has 2 N–H and O–H groups in total. The van der Waals surface area contributed by atoms with Crippen molar-refractivity contribution in [3.8, 4) is 0 Å². The molecule has 1 aromatic carbocycles. The summed E-state index contributed by atoms with van der Waals surface area (Å²) in [6, 6.07) is 9.15. The number of aliphatic hydroxyl groups is 1. The van der Waals surface area contributed by atoms with Gasteiger partial charge in [-0.3, -0.25) is 9.78 Å². The average molecular weight is 286 g/mol. The number of aromatic nitrogens is 1. The summed E-state index contributed by atoms with van der Waals surface area (Å²) in [6.45, 7) is 1.32.